The van der Waals surface area contributed by atoms with Crippen molar-refractivity contribution in [2.45, 2.75) is 38.1 Å². The number of fused-ring (bicyclic) bond motifs is 1. The second-order valence-electron chi connectivity index (χ2n) is 5.30. The van der Waals surface area contributed by atoms with E-state index in [9.17, 15) is 5.26 Å². The Kier molecular flexibility index (Phi) is 3.75. The minimum Gasteiger partial charge on any atom is -0.381 e. The van der Waals surface area contributed by atoms with Gasteiger partial charge in [0.2, 0.25) is 0 Å². The van der Waals surface area contributed by atoms with Gasteiger partial charge in [0.25, 0.3) is 0 Å². The van der Waals surface area contributed by atoms with Crippen LogP contribution in [0.1, 0.15) is 37.7 Å². The van der Waals surface area contributed by atoms with Crippen molar-refractivity contribution in [1.29, 1.82) is 5.26 Å². The Morgan fingerprint density at radius 3 is 2.80 bits per heavy atom. The lowest BCUT2D eigenvalue weighted by Crippen LogP contribution is -2.22. The number of benzene rings is 1. The van der Waals surface area contributed by atoms with Crippen molar-refractivity contribution >= 4 is 28.2 Å². The number of pyridine rings is 1. The van der Waals surface area contributed by atoms with Crippen LogP contribution in [0.4, 0.5) is 5.69 Å². The van der Waals surface area contributed by atoms with E-state index in [4.69, 9.17) is 11.6 Å². The number of anilines is 1. The molecule has 1 aliphatic rings. The number of rotatable bonds is 2. The summed E-state index contributed by atoms with van der Waals surface area (Å²) < 4.78 is 0. The number of hydrogen-bond acceptors (Lipinski definition) is 3. The van der Waals surface area contributed by atoms with E-state index in [2.05, 4.69) is 16.4 Å². The van der Waals surface area contributed by atoms with E-state index in [1.807, 2.05) is 18.2 Å². The fourth-order valence-electron chi connectivity index (χ4n) is 2.88. The summed E-state index contributed by atoms with van der Waals surface area (Å²) in [5.41, 5.74) is 2.23. The lowest BCUT2D eigenvalue weighted by atomic mass is 9.95. The third kappa shape index (κ3) is 2.57. The minimum atomic E-state index is 0.473. The second-order valence-corrected chi connectivity index (χ2v) is 5.74. The molecular weight excluding hydrogens is 270 g/mol. The largest absolute Gasteiger partial charge is 0.381 e. The molecule has 0 spiro atoms. The zero-order valence-corrected chi connectivity index (χ0v) is 12.0. The number of hydrogen-bond donors (Lipinski definition) is 1. The Hall–Kier alpha value is -1.79. The molecule has 0 unspecified atom stereocenters. The maximum absolute atomic E-state index is 9.45. The van der Waals surface area contributed by atoms with Crippen molar-refractivity contribution < 1.29 is 0 Å². The summed E-state index contributed by atoms with van der Waals surface area (Å²) in [5.74, 6) is 0. The third-order valence-electron chi connectivity index (χ3n) is 3.90. The molecule has 0 saturated heterocycles. The van der Waals surface area contributed by atoms with E-state index in [0.717, 1.165) is 16.6 Å². The number of aromatic nitrogens is 1. The molecule has 0 aliphatic heterocycles. The normalized spacial score (nSPS) is 16.0. The highest BCUT2D eigenvalue weighted by atomic mass is 35.5. The number of nitrogens with one attached hydrogen (secondary N) is 1. The van der Waals surface area contributed by atoms with E-state index in [-0.39, 0.29) is 0 Å². The fraction of sp³-hybridized carbons (Fsp3) is 0.375. The highest BCUT2D eigenvalue weighted by molar-refractivity contribution is 6.31. The average Bonchev–Trinajstić information content (AvgIpc) is 2.48. The van der Waals surface area contributed by atoms with Gasteiger partial charge in [0.15, 0.2) is 0 Å². The quantitative estimate of drug-likeness (QED) is 0.883. The molecule has 4 heteroatoms. The first kappa shape index (κ1) is 13.2. The van der Waals surface area contributed by atoms with Gasteiger partial charge in [-0.25, -0.2) is 0 Å². The monoisotopic (exact) mass is 285 g/mol. The molecule has 1 aliphatic carbocycles. The number of nitriles is 1. The van der Waals surface area contributed by atoms with E-state index in [1.165, 1.54) is 32.1 Å². The molecule has 20 heavy (non-hydrogen) atoms. The topological polar surface area (TPSA) is 48.7 Å². The SMILES string of the molecule is N#Cc1c(NC2CCCCC2)ccc2cc(Cl)cnc12. The molecule has 1 saturated carbocycles. The molecule has 0 radical (unpaired) electrons. The first-order valence-corrected chi connectivity index (χ1v) is 7.40. The van der Waals surface area contributed by atoms with Crippen molar-refractivity contribution in [3.05, 3.63) is 35.0 Å². The molecule has 3 rings (SSSR count). The first-order valence-electron chi connectivity index (χ1n) is 7.03. The van der Waals surface area contributed by atoms with Gasteiger partial charge >= 0.3 is 0 Å². The number of halogens is 1. The van der Waals surface area contributed by atoms with Crippen molar-refractivity contribution in [3.8, 4) is 6.07 Å². The van der Waals surface area contributed by atoms with Crippen LogP contribution in [0.15, 0.2) is 24.4 Å². The summed E-state index contributed by atoms with van der Waals surface area (Å²) in [6, 6.07) is 8.53. The molecule has 0 bridgehead atoms. The minimum absolute atomic E-state index is 0.473. The smallest absolute Gasteiger partial charge is 0.104 e. The van der Waals surface area contributed by atoms with Gasteiger partial charge in [-0.1, -0.05) is 36.9 Å². The van der Waals surface area contributed by atoms with Crippen LogP contribution in [0.5, 0.6) is 0 Å². The molecule has 3 nitrogen and oxygen atoms in total. The van der Waals surface area contributed by atoms with Crippen molar-refractivity contribution in [2.24, 2.45) is 0 Å². The van der Waals surface area contributed by atoms with Gasteiger partial charge in [0, 0.05) is 17.6 Å². The average molecular weight is 286 g/mol. The Labute approximate surface area is 123 Å². The maximum atomic E-state index is 9.45. The van der Waals surface area contributed by atoms with Crippen LogP contribution in [-0.2, 0) is 0 Å². The number of nitrogens with zero attached hydrogens (tertiary/aromatic N) is 2. The highest BCUT2D eigenvalue weighted by Gasteiger charge is 2.16. The Bertz CT molecular complexity index is 669. The highest BCUT2D eigenvalue weighted by Crippen LogP contribution is 2.28. The lowest BCUT2D eigenvalue weighted by molar-refractivity contribution is 0.462. The van der Waals surface area contributed by atoms with Crippen molar-refractivity contribution in [3.63, 3.8) is 0 Å². The van der Waals surface area contributed by atoms with E-state index in [0.29, 0.717) is 16.6 Å². The summed E-state index contributed by atoms with van der Waals surface area (Å²) in [4.78, 5) is 4.31. The van der Waals surface area contributed by atoms with Crippen LogP contribution in [0.3, 0.4) is 0 Å². The molecule has 2 aromatic rings. The zero-order chi connectivity index (χ0) is 13.9. The van der Waals surface area contributed by atoms with Crippen LogP contribution in [-0.4, -0.2) is 11.0 Å². The summed E-state index contributed by atoms with van der Waals surface area (Å²) in [5, 5.41) is 14.5. The van der Waals surface area contributed by atoms with E-state index >= 15 is 0 Å². The molecule has 1 N–H and O–H groups in total. The summed E-state index contributed by atoms with van der Waals surface area (Å²) in [6.07, 6.45) is 7.80. The third-order valence-corrected chi connectivity index (χ3v) is 4.10. The Balaban J connectivity index is 1.98. The second kappa shape index (κ2) is 5.68. The predicted molar refractivity (Wildman–Crippen MR) is 82.0 cm³/mol. The standard InChI is InChI=1S/C16H16ClN3/c17-12-8-11-6-7-15(14(9-18)16(11)19-10-12)20-13-4-2-1-3-5-13/h6-8,10,13,20H,1-5H2. The molecule has 1 aromatic heterocycles. The van der Waals surface area contributed by atoms with Crippen LogP contribution in [0, 0.1) is 11.3 Å². The van der Waals surface area contributed by atoms with Crippen LogP contribution in [0.25, 0.3) is 10.9 Å². The molecule has 0 amide bonds. The van der Waals surface area contributed by atoms with Gasteiger partial charge in [-0.2, -0.15) is 5.26 Å². The van der Waals surface area contributed by atoms with Gasteiger partial charge in [-0.05, 0) is 25.0 Å². The first-order chi connectivity index (χ1) is 9.78. The van der Waals surface area contributed by atoms with Crippen molar-refractivity contribution in [1.82, 2.24) is 4.98 Å². The van der Waals surface area contributed by atoms with Gasteiger partial charge in [-0.3, -0.25) is 4.98 Å². The molecule has 0 atom stereocenters. The zero-order valence-electron chi connectivity index (χ0n) is 11.2. The van der Waals surface area contributed by atoms with Gasteiger partial charge < -0.3 is 5.32 Å². The molecule has 1 heterocycles. The Morgan fingerprint density at radius 1 is 1.25 bits per heavy atom. The van der Waals surface area contributed by atoms with E-state index < -0.39 is 0 Å². The lowest BCUT2D eigenvalue weighted by Gasteiger charge is -2.24. The maximum Gasteiger partial charge on any atom is 0.104 e. The molecule has 102 valence electrons. The van der Waals surface area contributed by atoms with Gasteiger partial charge in [0.05, 0.1) is 16.2 Å². The fourth-order valence-corrected chi connectivity index (χ4v) is 3.04. The van der Waals surface area contributed by atoms with Crippen molar-refractivity contribution in [2.75, 3.05) is 5.32 Å². The van der Waals surface area contributed by atoms with E-state index in [1.54, 1.807) is 6.20 Å². The molecule has 1 aromatic carbocycles. The molecule has 1 fully saturated rings. The van der Waals surface area contributed by atoms with Crippen LogP contribution in [0.2, 0.25) is 5.02 Å². The van der Waals surface area contributed by atoms with Crippen LogP contribution < -0.4 is 5.32 Å². The van der Waals surface area contributed by atoms with Crippen LogP contribution >= 0.6 is 11.6 Å². The summed E-state index contributed by atoms with van der Waals surface area (Å²) in [6.45, 7) is 0. The molecular formula is C16H16ClN3. The summed E-state index contributed by atoms with van der Waals surface area (Å²) >= 11 is 5.95. The summed E-state index contributed by atoms with van der Waals surface area (Å²) in [7, 11) is 0. The van der Waals surface area contributed by atoms with Gasteiger partial charge in [0.1, 0.15) is 11.6 Å². The Morgan fingerprint density at radius 2 is 2.05 bits per heavy atom. The van der Waals surface area contributed by atoms with Gasteiger partial charge in [-0.15, -0.1) is 0 Å². The predicted octanol–water partition coefficient (Wildman–Crippen LogP) is 4.50.